The van der Waals surface area contributed by atoms with Gasteiger partial charge in [-0.3, -0.25) is 24.2 Å². The summed E-state index contributed by atoms with van der Waals surface area (Å²) < 4.78 is 3.30. The largest absolute Gasteiger partial charge is 0.392 e. The molecule has 252 valence electrons. The predicted octanol–water partition coefficient (Wildman–Crippen LogP) is 4.59. The molecule has 2 aromatic carbocycles. The number of imidazole rings is 1. The average molecular weight is 672 g/mol. The smallest absolute Gasteiger partial charge is 0.291 e. The molecule has 6 rings (SSSR count). The number of aryl methyl sites for hydroxylation is 1. The Kier molecular flexibility index (Phi) is 9.84. The van der Waals surface area contributed by atoms with Gasteiger partial charge in [-0.15, -0.1) is 0 Å². The van der Waals surface area contributed by atoms with Crippen LogP contribution in [-0.2, 0) is 33.6 Å². The number of amides is 2. The van der Waals surface area contributed by atoms with Gasteiger partial charge in [0.2, 0.25) is 0 Å². The maximum atomic E-state index is 13.5. The Bertz CT molecular complexity index is 1930. The molecule has 2 amide bonds. The molecular formula is C36H42ClN7O4. The summed E-state index contributed by atoms with van der Waals surface area (Å²) in [7, 11) is 3.51. The van der Waals surface area contributed by atoms with Crippen LogP contribution in [0.4, 0.5) is 11.4 Å². The van der Waals surface area contributed by atoms with E-state index in [2.05, 4.69) is 25.4 Å². The standard InChI is InChI=1S/C36H42ClN7O4/c1-22(45)18-44-16-13-31-30(21-44)38-33(42(31)4)35(47)40-29-12-8-10-26(32(29)37)25-9-7-11-28(23(25)2)39-34(46)27-17-24(19-41(3)36(27)48)20-43-14-5-6-15-43/h7-12,17,19,22,45H,5-6,13-16,18,20-21H2,1-4H3,(H,39,46)(H,40,47). The molecule has 3 N–H and O–H groups in total. The Hall–Kier alpha value is -4.29. The van der Waals surface area contributed by atoms with E-state index in [1.165, 1.54) is 4.57 Å². The van der Waals surface area contributed by atoms with Crippen molar-refractivity contribution in [2.75, 3.05) is 36.8 Å². The molecule has 4 aromatic rings. The number of carbonyl (C=O) groups is 2. The molecule has 1 fully saturated rings. The molecule has 2 aliphatic heterocycles. The topological polar surface area (TPSA) is 125 Å². The lowest BCUT2D eigenvalue weighted by atomic mass is 9.98. The third-order valence-corrected chi connectivity index (χ3v) is 9.68. The van der Waals surface area contributed by atoms with Gasteiger partial charge in [0.05, 0.1) is 22.5 Å². The number of halogens is 1. The number of anilines is 2. The number of rotatable bonds is 9. The molecule has 0 bridgehead atoms. The van der Waals surface area contributed by atoms with Gasteiger partial charge in [-0.1, -0.05) is 35.9 Å². The minimum absolute atomic E-state index is 0.0911. The highest BCUT2D eigenvalue weighted by Gasteiger charge is 2.26. The highest BCUT2D eigenvalue weighted by molar-refractivity contribution is 6.36. The molecule has 2 aromatic heterocycles. The number of carbonyl (C=O) groups excluding carboxylic acids is 2. The number of aliphatic hydroxyl groups excluding tert-OH is 1. The molecule has 11 nitrogen and oxygen atoms in total. The Morgan fingerprint density at radius 3 is 2.40 bits per heavy atom. The Morgan fingerprint density at radius 2 is 1.67 bits per heavy atom. The molecule has 0 aliphatic carbocycles. The van der Waals surface area contributed by atoms with Crippen LogP contribution in [0, 0.1) is 6.92 Å². The average Bonchev–Trinajstić information content (AvgIpc) is 3.68. The maximum absolute atomic E-state index is 13.5. The highest BCUT2D eigenvalue weighted by Crippen LogP contribution is 2.37. The molecule has 1 unspecified atom stereocenters. The number of nitrogens with one attached hydrogen (secondary N) is 2. The second-order valence-electron chi connectivity index (χ2n) is 12.9. The Morgan fingerprint density at radius 1 is 0.979 bits per heavy atom. The fraction of sp³-hybridized carbons (Fsp3) is 0.389. The van der Waals surface area contributed by atoms with Gasteiger partial charge in [0.1, 0.15) is 5.56 Å². The van der Waals surface area contributed by atoms with Crippen molar-refractivity contribution in [3.8, 4) is 11.1 Å². The first-order chi connectivity index (χ1) is 23.0. The number of β-amino-alcohol motifs (C(OH)–C–C–N with tert-alkyl or cyclic N) is 1. The van der Waals surface area contributed by atoms with Gasteiger partial charge >= 0.3 is 0 Å². The van der Waals surface area contributed by atoms with E-state index < -0.39 is 12.0 Å². The summed E-state index contributed by atoms with van der Waals surface area (Å²) in [6.07, 6.45) is 4.41. The van der Waals surface area contributed by atoms with Gasteiger partial charge in [0.25, 0.3) is 17.4 Å². The fourth-order valence-electron chi connectivity index (χ4n) is 6.81. The van der Waals surface area contributed by atoms with Crippen LogP contribution < -0.4 is 16.2 Å². The van der Waals surface area contributed by atoms with Crippen molar-refractivity contribution in [3.63, 3.8) is 0 Å². The van der Waals surface area contributed by atoms with E-state index in [0.29, 0.717) is 41.6 Å². The zero-order valence-electron chi connectivity index (χ0n) is 27.8. The second kappa shape index (κ2) is 14.1. The third kappa shape index (κ3) is 6.95. The number of nitrogens with zero attached hydrogens (tertiary/aromatic N) is 5. The van der Waals surface area contributed by atoms with Crippen LogP contribution in [0.1, 0.15) is 63.3 Å². The van der Waals surface area contributed by atoms with Crippen molar-refractivity contribution >= 4 is 34.8 Å². The predicted molar refractivity (Wildman–Crippen MR) is 188 cm³/mol. The quantitative estimate of drug-likeness (QED) is 0.238. The molecule has 4 heterocycles. The molecule has 48 heavy (non-hydrogen) atoms. The summed E-state index contributed by atoms with van der Waals surface area (Å²) in [5, 5.41) is 16.0. The highest BCUT2D eigenvalue weighted by atomic mass is 35.5. The summed E-state index contributed by atoms with van der Waals surface area (Å²) in [5.41, 5.74) is 5.70. The first-order valence-electron chi connectivity index (χ1n) is 16.4. The van der Waals surface area contributed by atoms with Crippen LogP contribution in [-0.4, -0.2) is 73.1 Å². The number of aromatic nitrogens is 3. The van der Waals surface area contributed by atoms with Gasteiger partial charge in [-0.25, -0.2) is 4.98 Å². The number of fused-ring (bicyclic) bond motifs is 1. The fourth-order valence-corrected chi connectivity index (χ4v) is 7.09. The van der Waals surface area contributed by atoms with Crippen molar-refractivity contribution in [2.45, 2.75) is 52.3 Å². The monoisotopic (exact) mass is 671 g/mol. The number of pyridine rings is 1. The number of aliphatic hydroxyl groups is 1. The van der Waals surface area contributed by atoms with E-state index in [9.17, 15) is 19.5 Å². The van der Waals surface area contributed by atoms with Crippen LogP contribution in [0.2, 0.25) is 5.02 Å². The second-order valence-corrected chi connectivity index (χ2v) is 13.3. The summed E-state index contributed by atoms with van der Waals surface area (Å²) in [6.45, 7) is 8.27. The van der Waals surface area contributed by atoms with Crippen LogP contribution >= 0.6 is 11.6 Å². The molecule has 0 radical (unpaired) electrons. The van der Waals surface area contributed by atoms with E-state index in [1.54, 1.807) is 38.4 Å². The van der Waals surface area contributed by atoms with E-state index >= 15 is 0 Å². The molecular weight excluding hydrogens is 630 g/mol. The lowest BCUT2D eigenvalue weighted by Crippen LogP contribution is -2.36. The van der Waals surface area contributed by atoms with Gasteiger partial charge in [-0.05, 0) is 74.7 Å². The van der Waals surface area contributed by atoms with Gasteiger partial charge in [0, 0.05) is 69.8 Å². The van der Waals surface area contributed by atoms with Crippen LogP contribution in [0.25, 0.3) is 11.1 Å². The zero-order valence-corrected chi connectivity index (χ0v) is 28.6. The maximum Gasteiger partial charge on any atom is 0.291 e. The Labute approximate surface area is 285 Å². The normalized spacial score (nSPS) is 15.7. The van der Waals surface area contributed by atoms with Crippen molar-refractivity contribution in [1.82, 2.24) is 23.9 Å². The molecule has 1 atom stereocenters. The van der Waals surface area contributed by atoms with E-state index in [-0.39, 0.29) is 22.9 Å². The lowest BCUT2D eigenvalue weighted by molar-refractivity contribution is 0.100. The lowest BCUT2D eigenvalue weighted by Gasteiger charge is -2.27. The first kappa shape index (κ1) is 33.6. The van der Waals surface area contributed by atoms with Gasteiger partial charge < -0.3 is 24.9 Å². The van der Waals surface area contributed by atoms with Crippen LogP contribution in [0.3, 0.4) is 0 Å². The summed E-state index contributed by atoms with van der Waals surface area (Å²) in [6, 6.07) is 12.6. The van der Waals surface area contributed by atoms with Crippen LogP contribution in [0.15, 0.2) is 53.5 Å². The molecule has 0 spiro atoms. The minimum atomic E-state index is -0.474. The van der Waals surface area contributed by atoms with Crippen molar-refractivity contribution < 1.29 is 14.7 Å². The zero-order chi connectivity index (χ0) is 34.1. The number of benzene rings is 2. The molecule has 0 saturated carbocycles. The van der Waals surface area contributed by atoms with E-state index in [0.717, 1.165) is 67.0 Å². The molecule has 12 heteroatoms. The van der Waals surface area contributed by atoms with Gasteiger partial charge in [0.15, 0.2) is 5.82 Å². The molecule has 1 saturated heterocycles. The SMILES string of the molecule is Cc1c(NC(=O)c2cc(CN3CCCC3)cn(C)c2=O)cccc1-c1cccc(NC(=O)c2nc3c(n2C)CCN(CC(C)O)C3)c1Cl. The first-order valence-corrected chi connectivity index (χ1v) is 16.8. The summed E-state index contributed by atoms with van der Waals surface area (Å²) in [4.78, 5) is 49.1. The van der Waals surface area contributed by atoms with Crippen molar-refractivity contribution in [3.05, 3.63) is 97.9 Å². The van der Waals surface area contributed by atoms with Gasteiger partial charge in [-0.2, -0.15) is 0 Å². The van der Waals surface area contributed by atoms with Crippen LogP contribution in [0.5, 0.6) is 0 Å². The van der Waals surface area contributed by atoms with E-state index in [1.807, 2.05) is 42.8 Å². The summed E-state index contributed by atoms with van der Waals surface area (Å²) >= 11 is 6.93. The number of likely N-dealkylation sites (tertiary alicyclic amines) is 1. The van der Waals surface area contributed by atoms with E-state index in [4.69, 9.17) is 11.6 Å². The Balaban J connectivity index is 1.21. The number of hydrogen-bond acceptors (Lipinski definition) is 7. The third-order valence-electron chi connectivity index (χ3n) is 9.27. The minimum Gasteiger partial charge on any atom is -0.392 e. The van der Waals surface area contributed by atoms with Crippen molar-refractivity contribution in [1.29, 1.82) is 0 Å². The summed E-state index contributed by atoms with van der Waals surface area (Å²) in [5.74, 6) is -0.561. The number of hydrogen-bond donors (Lipinski definition) is 3. The molecule has 2 aliphatic rings. The van der Waals surface area contributed by atoms with Crippen molar-refractivity contribution in [2.24, 2.45) is 14.1 Å².